The summed E-state index contributed by atoms with van der Waals surface area (Å²) in [6.07, 6.45) is 5.70. The lowest BCUT2D eigenvalue weighted by molar-refractivity contribution is -0.384. The fraction of sp³-hybridized carbons (Fsp3) is 0.643. The van der Waals surface area contributed by atoms with Crippen molar-refractivity contribution in [3.05, 3.63) is 22.2 Å². The molecule has 112 valence electrons. The number of pyridine rings is 1. The van der Waals surface area contributed by atoms with Gasteiger partial charge in [0.1, 0.15) is 0 Å². The Bertz CT molecular complexity index is 438. The van der Waals surface area contributed by atoms with E-state index >= 15 is 0 Å². The van der Waals surface area contributed by atoms with Crippen LogP contribution >= 0.6 is 0 Å². The van der Waals surface area contributed by atoms with Crippen molar-refractivity contribution in [1.82, 2.24) is 4.98 Å². The Morgan fingerprint density at radius 3 is 2.75 bits per heavy atom. The van der Waals surface area contributed by atoms with Crippen LogP contribution in [0.1, 0.15) is 46.0 Å². The number of anilines is 1. The van der Waals surface area contributed by atoms with Gasteiger partial charge in [-0.05, 0) is 13.3 Å². The standard InChI is InChI=1S/C14H23N3O3/c1-4-5-6-7-8-11(2)15-14-12(17(18)19)9-10-13(16-14)20-3/h9-11H,4-8H2,1-3H3,(H,15,16). The summed E-state index contributed by atoms with van der Waals surface area (Å²) in [4.78, 5) is 14.7. The predicted octanol–water partition coefficient (Wildman–Crippen LogP) is 3.77. The number of ether oxygens (including phenoxy) is 1. The molecule has 1 aromatic rings. The van der Waals surface area contributed by atoms with Crippen LogP contribution in [0, 0.1) is 10.1 Å². The first kappa shape index (κ1) is 16.2. The first-order chi connectivity index (χ1) is 9.58. The molecule has 6 heteroatoms. The molecule has 0 aliphatic heterocycles. The normalized spacial score (nSPS) is 11.9. The molecular formula is C14H23N3O3. The van der Waals surface area contributed by atoms with Crippen molar-refractivity contribution in [1.29, 1.82) is 0 Å². The molecule has 0 bridgehead atoms. The summed E-state index contributed by atoms with van der Waals surface area (Å²) < 4.78 is 5.01. The quantitative estimate of drug-likeness (QED) is 0.423. The summed E-state index contributed by atoms with van der Waals surface area (Å²) in [7, 11) is 1.49. The number of hydrogen-bond donors (Lipinski definition) is 1. The molecule has 1 N–H and O–H groups in total. The minimum Gasteiger partial charge on any atom is -0.481 e. The maximum atomic E-state index is 11.0. The largest absolute Gasteiger partial charge is 0.481 e. The van der Waals surface area contributed by atoms with E-state index in [4.69, 9.17) is 4.74 Å². The molecule has 1 rings (SSSR count). The molecule has 0 spiro atoms. The van der Waals surface area contributed by atoms with Crippen molar-refractivity contribution in [3.8, 4) is 5.88 Å². The van der Waals surface area contributed by atoms with Crippen LogP contribution in [0.4, 0.5) is 11.5 Å². The molecule has 20 heavy (non-hydrogen) atoms. The van der Waals surface area contributed by atoms with Crippen LogP contribution in [0.25, 0.3) is 0 Å². The highest BCUT2D eigenvalue weighted by Crippen LogP contribution is 2.26. The van der Waals surface area contributed by atoms with Crippen LogP contribution in [-0.4, -0.2) is 23.1 Å². The van der Waals surface area contributed by atoms with E-state index in [9.17, 15) is 10.1 Å². The van der Waals surface area contributed by atoms with E-state index < -0.39 is 4.92 Å². The number of nitro groups is 1. The highest BCUT2D eigenvalue weighted by atomic mass is 16.6. The molecule has 0 radical (unpaired) electrons. The zero-order valence-electron chi connectivity index (χ0n) is 12.4. The van der Waals surface area contributed by atoms with Gasteiger partial charge >= 0.3 is 5.69 Å². The topological polar surface area (TPSA) is 77.3 Å². The van der Waals surface area contributed by atoms with Gasteiger partial charge in [-0.2, -0.15) is 4.98 Å². The molecule has 1 atom stereocenters. The summed E-state index contributed by atoms with van der Waals surface area (Å²) >= 11 is 0. The van der Waals surface area contributed by atoms with Gasteiger partial charge < -0.3 is 10.1 Å². The lowest BCUT2D eigenvalue weighted by atomic mass is 10.1. The maximum Gasteiger partial charge on any atom is 0.311 e. The molecule has 1 unspecified atom stereocenters. The second kappa shape index (κ2) is 8.35. The molecule has 0 aliphatic carbocycles. The minimum absolute atomic E-state index is 0.0220. The molecular weight excluding hydrogens is 258 g/mol. The van der Waals surface area contributed by atoms with E-state index in [1.807, 2.05) is 6.92 Å². The van der Waals surface area contributed by atoms with Crippen molar-refractivity contribution in [2.75, 3.05) is 12.4 Å². The highest BCUT2D eigenvalue weighted by molar-refractivity contribution is 5.57. The van der Waals surface area contributed by atoms with E-state index in [0.29, 0.717) is 5.88 Å². The van der Waals surface area contributed by atoms with Crippen molar-refractivity contribution >= 4 is 11.5 Å². The Hall–Kier alpha value is -1.85. The Balaban J connectivity index is 2.66. The summed E-state index contributed by atoms with van der Waals surface area (Å²) in [5, 5.41) is 14.1. The van der Waals surface area contributed by atoms with Crippen LogP contribution in [-0.2, 0) is 0 Å². The predicted molar refractivity (Wildman–Crippen MR) is 79.3 cm³/mol. The molecule has 0 saturated carbocycles. The zero-order valence-corrected chi connectivity index (χ0v) is 12.4. The molecule has 0 aliphatic rings. The lowest BCUT2D eigenvalue weighted by Crippen LogP contribution is -2.17. The van der Waals surface area contributed by atoms with Crippen LogP contribution in [0.3, 0.4) is 0 Å². The number of methoxy groups -OCH3 is 1. The summed E-state index contributed by atoms with van der Waals surface area (Å²) in [6, 6.07) is 3.05. The van der Waals surface area contributed by atoms with Crippen LogP contribution in [0.15, 0.2) is 12.1 Å². The first-order valence-corrected chi connectivity index (χ1v) is 7.04. The van der Waals surface area contributed by atoms with Gasteiger partial charge in [0.05, 0.1) is 12.0 Å². The molecule has 1 aromatic heterocycles. The van der Waals surface area contributed by atoms with Gasteiger partial charge in [-0.3, -0.25) is 10.1 Å². The van der Waals surface area contributed by atoms with Gasteiger partial charge in [0.15, 0.2) is 0 Å². The molecule has 6 nitrogen and oxygen atoms in total. The second-order valence-corrected chi connectivity index (χ2v) is 4.87. The van der Waals surface area contributed by atoms with Gasteiger partial charge in [-0.15, -0.1) is 0 Å². The molecule has 0 fully saturated rings. The Kier molecular flexibility index (Phi) is 6.76. The maximum absolute atomic E-state index is 11.0. The number of nitrogens with one attached hydrogen (secondary N) is 1. The van der Waals surface area contributed by atoms with Crippen molar-refractivity contribution in [2.45, 2.75) is 52.0 Å². The number of nitrogens with zero attached hydrogens (tertiary/aromatic N) is 2. The number of hydrogen-bond acceptors (Lipinski definition) is 5. The average Bonchev–Trinajstić information content (AvgIpc) is 2.43. The monoisotopic (exact) mass is 281 g/mol. The molecule has 0 saturated heterocycles. The molecule has 0 aromatic carbocycles. The number of rotatable bonds is 9. The zero-order chi connectivity index (χ0) is 15.0. The van der Waals surface area contributed by atoms with Crippen LogP contribution < -0.4 is 10.1 Å². The van der Waals surface area contributed by atoms with Crippen molar-refractivity contribution < 1.29 is 9.66 Å². The Morgan fingerprint density at radius 2 is 2.15 bits per heavy atom. The Labute approximate surface area is 119 Å². The third kappa shape index (κ3) is 5.03. The minimum atomic E-state index is -0.432. The average molecular weight is 281 g/mol. The van der Waals surface area contributed by atoms with Gasteiger partial charge in [-0.1, -0.05) is 32.6 Å². The van der Waals surface area contributed by atoms with Crippen LogP contribution in [0.5, 0.6) is 5.88 Å². The van der Waals surface area contributed by atoms with Gasteiger partial charge in [0.2, 0.25) is 11.7 Å². The number of unbranched alkanes of at least 4 members (excludes halogenated alkanes) is 3. The molecule has 0 amide bonds. The van der Waals surface area contributed by atoms with Crippen molar-refractivity contribution in [3.63, 3.8) is 0 Å². The van der Waals surface area contributed by atoms with Crippen LogP contribution in [0.2, 0.25) is 0 Å². The fourth-order valence-corrected chi connectivity index (χ4v) is 1.98. The highest BCUT2D eigenvalue weighted by Gasteiger charge is 2.17. The third-order valence-electron chi connectivity index (χ3n) is 3.13. The smallest absolute Gasteiger partial charge is 0.311 e. The lowest BCUT2D eigenvalue weighted by Gasteiger charge is -2.14. The van der Waals surface area contributed by atoms with E-state index in [1.165, 1.54) is 38.5 Å². The van der Waals surface area contributed by atoms with Gasteiger partial charge in [0, 0.05) is 18.2 Å². The number of aromatic nitrogens is 1. The summed E-state index contributed by atoms with van der Waals surface area (Å²) in [6.45, 7) is 4.18. The van der Waals surface area contributed by atoms with E-state index in [0.717, 1.165) is 12.8 Å². The second-order valence-electron chi connectivity index (χ2n) is 4.87. The SMILES string of the molecule is CCCCCCC(C)Nc1nc(OC)ccc1[N+](=O)[O-]. The van der Waals surface area contributed by atoms with Gasteiger partial charge in [-0.25, -0.2) is 0 Å². The van der Waals surface area contributed by atoms with Gasteiger partial charge in [0.25, 0.3) is 0 Å². The van der Waals surface area contributed by atoms with E-state index in [-0.39, 0.29) is 17.5 Å². The summed E-state index contributed by atoms with van der Waals surface area (Å²) in [5.74, 6) is 0.647. The summed E-state index contributed by atoms with van der Waals surface area (Å²) in [5.41, 5.74) is -0.0220. The Morgan fingerprint density at radius 1 is 1.40 bits per heavy atom. The van der Waals surface area contributed by atoms with E-state index in [2.05, 4.69) is 17.2 Å². The van der Waals surface area contributed by atoms with E-state index in [1.54, 1.807) is 0 Å². The van der Waals surface area contributed by atoms with Crippen molar-refractivity contribution in [2.24, 2.45) is 0 Å². The third-order valence-corrected chi connectivity index (χ3v) is 3.13. The molecule has 1 heterocycles. The first-order valence-electron chi connectivity index (χ1n) is 7.04. The fourth-order valence-electron chi connectivity index (χ4n) is 1.98.